The Morgan fingerprint density at radius 2 is 1.55 bits per heavy atom. The average Bonchev–Trinajstić information content (AvgIpc) is 2.78. The third-order valence-corrected chi connectivity index (χ3v) is 6.30. The molecule has 29 heavy (non-hydrogen) atoms. The van der Waals surface area contributed by atoms with E-state index in [0.717, 1.165) is 15.4 Å². The molecule has 2 fully saturated rings. The third kappa shape index (κ3) is 4.36. The fraction of sp³-hybridized carbons (Fsp3) is 0.455. The summed E-state index contributed by atoms with van der Waals surface area (Å²) in [5, 5.41) is 0. The van der Waals surface area contributed by atoms with Gasteiger partial charge >= 0.3 is 0 Å². The highest BCUT2D eigenvalue weighted by Gasteiger charge is 2.51. The van der Waals surface area contributed by atoms with E-state index in [1.165, 1.54) is 0 Å². The van der Waals surface area contributed by atoms with Crippen molar-refractivity contribution in [1.82, 2.24) is 0 Å². The van der Waals surface area contributed by atoms with Crippen LogP contribution >= 0.6 is 11.8 Å². The molecule has 2 aliphatic heterocycles. The number of hydrogen-bond acceptors (Lipinski definition) is 7. The van der Waals surface area contributed by atoms with Gasteiger partial charge in [-0.25, -0.2) is 0 Å². The Labute approximate surface area is 175 Å². The number of rotatable bonds is 6. The van der Waals surface area contributed by atoms with Crippen LogP contribution in [-0.2, 0) is 28.4 Å². The van der Waals surface area contributed by atoms with Crippen LogP contribution in [0.1, 0.15) is 11.9 Å². The molecule has 156 valence electrons. The minimum atomic E-state index is -0.532. The molecule has 0 spiro atoms. The van der Waals surface area contributed by atoms with Gasteiger partial charge < -0.3 is 28.4 Å². The van der Waals surface area contributed by atoms with Crippen molar-refractivity contribution >= 4 is 11.8 Å². The number of benzene rings is 2. The van der Waals surface area contributed by atoms with Gasteiger partial charge in [0.05, 0.1) is 6.61 Å². The van der Waals surface area contributed by atoms with Gasteiger partial charge in [-0.1, -0.05) is 48.2 Å². The molecular weight excluding hydrogens is 392 g/mol. The molecule has 7 heteroatoms. The molecule has 0 amide bonds. The van der Waals surface area contributed by atoms with Crippen LogP contribution in [-0.4, -0.2) is 58.6 Å². The Kier molecular flexibility index (Phi) is 6.87. The monoisotopic (exact) mass is 418 g/mol. The van der Waals surface area contributed by atoms with Gasteiger partial charge in [0.1, 0.15) is 24.4 Å². The van der Waals surface area contributed by atoms with E-state index in [2.05, 4.69) is 18.2 Å². The SMILES string of the molecule is CO[C@H]1OC2CO[C@@H](c3ccccc3Sc3ccccc3)O[C@H]2[C@H](OC)[C@H]1OC. The summed E-state index contributed by atoms with van der Waals surface area (Å²) in [5.41, 5.74) is 0.984. The first kappa shape index (κ1) is 20.8. The lowest BCUT2D eigenvalue weighted by atomic mass is 9.97. The van der Waals surface area contributed by atoms with Gasteiger partial charge in [0.2, 0.25) is 0 Å². The number of fused-ring (bicyclic) bond motifs is 1. The summed E-state index contributed by atoms with van der Waals surface area (Å²) in [6.45, 7) is 0.385. The molecule has 6 atom stereocenters. The zero-order valence-electron chi connectivity index (χ0n) is 16.7. The van der Waals surface area contributed by atoms with Gasteiger partial charge in [0.25, 0.3) is 0 Å². The Balaban J connectivity index is 1.56. The highest BCUT2D eigenvalue weighted by Crippen LogP contribution is 2.40. The highest BCUT2D eigenvalue weighted by molar-refractivity contribution is 7.99. The van der Waals surface area contributed by atoms with Crippen molar-refractivity contribution in [3.63, 3.8) is 0 Å². The lowest BCUT2D eigenvalue weighted by Crippen LogP contribution is -2.63. The maximum Gasteiger partial charge on any atom is 0.186 e. The molecule has 0 aliphatic carbocycles. The molecular formula is C22H26O6S. The number of methoxy groups -OCH3 is 3. The van der Waals surface area contributed by atoms with Crippen LogP contribution in [0, 0.1) is 0 Å². The first-order chi connectivity index (χ1) is 14.2. The molecule has 2 aromatic rings. The molecule has 0 radical (unpaired) electrons. The lowest BCUT2D eigenvalue weighted by Gasteiger charge is -2.48. The fourth-order valence-electron chi connectivity index (χ4n) is 3.79. The van der Waals surface area contributed by atoms with Crippen LogP contribution in [0.4, 0.5) is 0 Å². The van der Waals surface area contributed by atoms with Crippen LogP contribution in [0.25, 0.3) is 0 Å². The summed E-state index contributed by atoms with van der Waals surface area (Å²) in [6.07, 6.45) is -2.38. The van der Waals surface area contributed by atoms with Crippen molar-refractivity contribution in [2.75, 3.05) is 27.9 Å². The van der Waals surface area contributed by atoms with Gasteiger partial charge in [-0.05, 0) is 18.2 Å². The Morgan fingerprint density at radius 3 is 2.28 bits per heavy atom. The Hall–Kier alpha value is -1.45. The standard InChI is InChI=1S/C22H26O6S/c1-23-19-18-16(27-22(25-3)20(19)24-2)13-26-21(28-18)15-11-7-8-12-17(15)29-14-9-5-4-6-10-14/h4-12,16,18-22H,13H2,1-3H3/t16?,18-,19+,20-,21-,22+/m1/s1. The number of ether oxygens (including phenoxy) is 6. The number of hydrogen-bond donors (Lipinski definition) is 0. The van der Waals surface area contributed by atoms with E-state index < -0.39 is 12.6 Å². The van der Waals surface area contributed by atoms with E-state index in [1.54, 1.807) is 33.1 Å². The lowest BCUT2D eigenvalue weighted by molar-refractivity contribution is -0.363. The van der Waals surface area contributed by atoms with Crippen molar-refractivity contribution in [1.29, 1.82) is 0 Å². The molecule has 1 unspecified atom stereocenters. The van der Waals surface area contributed by atoms with Gasteiger partial charge in [0, 0.05) is 36.7 Å². The second-order valence-electron chi connectivity index (χ2n) is 6.90. The predicted octanol–water partition coefficient (Wildman–Crippen LogP) is 3.65. The molecule has 2 aliphatic rings. The molecule has 2 aromatic carbocycles. The fourth-order valence-corrected chi connectivity index (χ4v) is 4.77. The van der Waals surface area contributed by atoms with Crippen molar-refractivity contribution in [2.45, 2.75) is 46.8 Å². The maximum absolute atomic E-state index is 6.36. The zero-order valence-corrected chi connectivity index (χ0v) is 17.5. The van der Waals surface area contributed by atoms with Gasteiger partial charge in [-0.2, -0.15) is 0 Å². The summed E-state index contributed by atoms with van der Waals surface area (Å²) < 4.78 is 35.2. The molecule has 0 N–H and O–H groups in total. The molecule has 2 heterocycles. The minimum absolute atomic E-state index is 0.290. The largest absolute Gasteiger partial charge is 0.376 e. The molecule has 6 nitrogen and oxygen atoms in total. The first-order valence-corrected chi connectivity index (χ1v) is 10.4. The van der Waals surface area contributed by atoms with E-state index >= 15 is 0 Å². The van der Waals surface area contributed by atoms with E-state index in [1.807, 2.05) is 36.4 Å². The van der Waals surface area contributed by atoms with Gasteiger partial charge in [-0.3, -0.25) is 0 Å². The van der Waals surface area contributed by atoms with E-state index in [4.69, 9.17) is 28.4 Å². The quantitative estimate of drug-likeness (QED) is 0.710. The second-order valence-corrected chi connectivity index (χ2v) is 8.01. The van der Waals surface area contributed by atoms with E-state index in [-0.39, 0.29) is 24.4 Å². The molecule has 0 aromatic heterocycles. The smallest absolute Gasteiger partial charge is 0.186 e. The Morgan fingerprint density at radius 1 is 0.828 bits per heavy atom. The summed E-state index contributed by atoms with van der Waals surface area (Å²) >= 11 is 1.69. The maximum atomic E-state index is 6.36. The topological polar surface area (TPSA) is 55.4 Å². The van der Waals surface area contributed by atoms with Crippen LogP contribution in [0.5, 0.6) is 0 Å². The van der Waals surface area contributed by atoms with Crippen molar-refractivity contribution in [3.8, 4) is 0 Å². The Bertz CT molecular complexity index is 788. The van der Waals surface area contributed by atoms with Gasteiger partial charge in [-0.15, -0.1) is 0 Å². The van der Waals surface area contributed by atoms with Crippen LogP contribution in [0.3, 0.4) is 0 Å². The summed E-state index contributed by atoms with van der Waals surface area (Å²) in [6, 6.07) is 18.4. The van der Waals surface area contributed by atoms with E-state index in [0.29, 0.717) is 6.61 Å². The van der Waals surface area contributed by atoms with Crippen molar-refractivity contribution in [2.24, 2.45) is 0 Å². The summed E-state index contributed by atoms with van der Waals surface area (Å²) in [4.78, 5) is 2.25. The molecule has 2 saturated heterocycles. The van der Waals surface area contributed by atoms with Crippen LogP contribution in [0.15, 0.2) is 64.4 Å². The molecule has 0 saturated carbocycles. The first-order valence-electron chi connectivity index (χ1n) is 9.58. The van der Waals surface area contributed by atoms with Gasteiger partial charge in [0.15, 0.2) is 12.6 Å². The minimum Gasteiger partial charge on any atom is -0.376 e. The highest BCUT2D eigenvalue weighted by atomic mass is 32.2. The molecule has 4 rings (SSSR count). The molecule has 0 bridgehead atoms. The second kappa shape index (κ2) is 9.57. The summed E-state index contributed by atoms with van der Waals surface area (Å²) in [7, 11) is 4.86. The predicted molar refractivity (Wildman–Crippen MR) is 108 cm³/mol. The van der Waals surface area contributed by atoms with Crippen molar-refractivity contribution < 1.29 is 28.4 Å². The third-order valence-electron chi connectivity index (χ3n) is 5.20. The summed E-state index contributed by atoms with van der Waals surface area (Å²) in [5.74, 6) is 0. The van der Waals surface area contributed by atoms with Crippen LogP contribution in [0.2, 0.25) is 0 Å². The average molecular weight is 419 g/mol. The van der Waals surface area contributed by atoms with Crippen molar-refractivity contribution in [3.05, 3.63) is 60.2 Å². The van der Waals surface area contributed by atoms with E-state index in [9.17, 15) is 0 Å². The zero-order chi connectivity index (χ0) is 20.2. The normalized spacial score (nSPS) is 32.0. The van der Waals surface area contributed by atoms with Crippen LogP contribution < -0.4 is 0 Å².